The van der Waals surface area contributed by atoms with Gasteiger partial charge in [0.25, 0.3) is 0 Å². The average molecular weight is 381 g/mol. The first-order valence-electron chi connectivity index (χ1n) is 8.74. The molecule has 1 unspecified atom stereocenters. The lowest BCUT2D eigenvalue weighted by Crippen LogP contribution is -2.33. The van der Waals surface area contributed by atoms with Crippen molar-refractivity contribution < 1.29 is 14.2 Å². The summed E-state index contributed by atoms with van der Waals surface area (Å²) in [5.41, 5.74) is 2.97. The second-order valence-corrected chi connectivity index (χ2v) is 6.93. The van der Waals surface area contributed by atoms with E-state index in [1.165, 1.54) is 4.90 Å². The maximum absolute atomic E-state index is 6.41. The number of rotatable bonds is 8. The van der Waals surface area contributed by atoms with Gasteiger partial charge in [-0.05, 0) is 36.1 Å². The van der Waals surface area contributed by atoms with Gasteiger partial charge >= 0.3 is 0 Å². The topological polar surface area (TPSA) is 27.7 Å². The van der Waals surface area contributed by atoms with Crippen molar-refractivity contribution in [2.75, 3.05) is 20.5 Å². The van der Waals surface area contributed by atoms with E-state index < -0.39 is 5.79 Å². The fourth-order valence-corrected chi connectivity index (χ4v) is 3.41. The minimum absolute atomic E-state index is 0.414. The summed E-state index contributed by atoms with van der Waals surface area (Å²) in [7, 11) is 3.35. The van der Waals surface area contributed by atoms with E-state index in [-0.39, 0.29) is 0 Å². The summed E-state index contributed by atoms with van der Waals surface area (Å²) in [4.78, 5) is 1.20. The zero-order valence-electron chi connectivity index (χ0n) is 15.8. The Morgan fingerprint density at radius 3 is 1.96 bits per heavy atom. The smallest absolute Gasteiger partial charge is 0.222 e. The van der Waals surface area contributed by atoms with Crippen LogP contribution in [0.25, 0.3) is 0 Å². The summed E-state index contributed by atoms with van der Waals surface area (Å²) in [6, 6.07) is 26.2. The summed E-state index contributed by atoms with van der Waals surface area (Å²) >= 11 is 1.71. The fraction of sp³-hybridized carbons (Fsp3) is 0.217. The largest absolute Gasteiger partial charge is 0.497 e. The number of thioether (sulfide) groups is 1. The molecule has 3 nitrogen and oxygen atoms in total. The Morgan fingerprint density at radius 2 is 1.41 bits per heavy atom. The third-order valence-corrected chi connectivity index (χ3v) is 5.26. The summed E-state index contributed by atoms with van der Waals surface area (Å²) in [6.45, 7) is 0.414. The predicted octanol–water partition coefficient (Wildman–Crippen LogP) is 5.48. The van der Waals surface area contributed by atoms with Crippen LogP contribution in [0.5, 0.6) is 5.75 Å². The average Bonchev–Trinajstić information content (AvgIpc) is 2.76. The minimum Gasteiger partial charge on any atom is -0.497 e. The Morgan fingerprint density at radius 1 is 0.778 bits per heavy atom. The van der Waals surface area contributed by atoms with E-state index in [9.17, 15) is 0 Å². The molecular weight excluding hydrogens is 356 g/mol. The molecule has 0 aromatic heterocycles. The number of hydrogen-bond acceptors (Lipinski definition) is 4. The van der Waals surface area contributed by atoms with Gasteiger partial charge in [-0.2, -0.15) is 0 Å². The van der Waals surface area contributed by atoms with Crippen molar-refractivity contribution in [3.63, 3.8) is 0 Å². The maximum Gasteiger partial charge on any atom is 0.222 e. The molecule has 27 heavy (non-hydrogen) atoms. The SMILES string of the molecule is COc1ccc(COC(OC)(c2ccccc2)c2ccc(SC)cc2)cc1. The van der Waals surface area contributed by atoms with Gasteiger partial charge in [-0.1, -0.05) is 54.6 Å². The Bertz CT molecular complexity index is 832. The van der Waals surface area contributed by atoms with E-state index in [0.717, 1.165) is 22.4 Å². The third kappa shape index (κ3) is 4.35. The van der Waals surface area contributed by atoms with Crippen molar-refractivity contribution in [2.45, 2.75) is 17.3 Å². The number of hydrogen-bond donors (Lipinski definition) is 0. The van der Waals surface area contributed by atoms with Gasteiger partial charge in [-0.3, -0.25) is 0 Å². The van der Waals surface area contributed by atoms with Crippen molar-refractivity contribution >= 4 is 11.8 Å². The fourth-order valence-electron chi connectivity index (χ4n) is 3.00. The molecule has 0 amide bonds. The molecule has 0 N–H and O–H groups in total. The van der Waals surface area contributed by atoms with Crippen LogP contribution in [0, 0.1) is 0 Å². The molecule has 0 aliphatic rings. The lowest BCUT2D eigenvalue weighted by molar-refractivity contribution is -0.209. The van der Waals surface area contributed by atoms with Crippen LogP contribution in [0.1, 0.15) is 16.7 Å². The second-order valence-electron chi connectivity index (χ2n) is 6.05. The molecule has 3 rings (SSSR count). The van der Waals surface area contributed by atoms with E-state index in [0.29, 0.717) is 6.61 Å². The molecule has 3 aromatic carbocycles. The van der Waals surface area contributed by atoms with Crippen LogP contribution in [0.2, 0.25) is 0 Å². The molecule has 1 atom stereocenters. The zero-order chi connectivity index (χ0) is 19.1. The maximum atomic E-state index is 6.41. The molecule has 3 aromatic rings. The van der Waals surface area contributed by atoms with Gasteiger partial charge in [0.2, 0.25) is 5.79 Å². The van der Waals surface area contributed by atoms with Crippen LogP contribution in [0.15, 0.2) is 83.8 Å². The van der Waals surface area contributed by atoms with Gasteiger partial charge in [-0.15, -0.1) is 11.8 Å². The van der Waals surface area contributed by atoms with E-state index in [1.807, 2.05) is 54.6 Å². The van der Waals surface area contributed by atoms with Crippen LogP contribution >= 0.6 is 11.8 Å². The van der Waals surface area contributed by atoms with Crippen molar-refractivity contribution in [1.82, 2.24) is 0 Å². The number of benzene rings is 3. The Hall–Kier alpha value is -2.27. The summed E-state index contributed by atoms with van der Waals surface area (Å²) < 4.78 is 17.6. The lowest BCUT2D eigenvalue weighted by atomic mass is 9.97. The molecule has 0 saturated heterocycles. The summed E-state index contributed by atoms with van der Waals surface area (Å²) in [5, 5.41) is 0. The molecule has 0 radical (unpaired) electrons. The summed E-state index contributed by atoms with van der Waals surface area (Å²) in [5.74, 6) is -0.148. The van der Waals surface area contributed by atoms with Crippen molar-refractivity contribution in [1.29, 1.82) is 0 Å². The molecule has 0 bridgehead atoms. The van der Waals surface area contributed by atoms with Gasteiger partial charge in [-0.25, -0.2) is 0 Å². The van der Waals surface area contributed by atoms with Crippen LogP contribution in [0.4, 0.5) is 0 Å². The molecule has 140 valence electrons. The van der Waals surface area contributed by atoms with Crippen LogP contribution in [-0.4, -0.2) is 20.5 Å². The summed E-state index contributed by atoms with van der Waals surface area (Å²) in [6.07, 6.45) is 2.07. The standard InChI is InChI=1S/C23H24O3S/c1-24-21-13-9-18(10-14-21)17-26-23(25-2,19-7-5-4-6-8-19)20-11-15-22(27-3)16-12-20/h4-16H,17H2,1-3H3. The van der Waals surface area contributed by atoms with Gasteiger partial charge in [0.05, 0.1) is 13.7 Å². The Balaban J connectivity index is 1.95. The zero-order valence-corrected chi connectivity index (χ0v) is 16.7. The Labute approximate surface area is 165 Å². The molecular formula is C23H24O3S. The second kappa shape index (κ2) is 9.09. The van der Waals surface area contributed by atoms with Crippen LogP contribution in [-0.2, 0) is 21.9 Å². The third-order valence-electron chi connectivity index (χ3n) is 4.51. The lowest BCUT2D eigenvalue weighted by Gasteiger charge is -2.33. The number of methoxy groups -OCH3 is 2. The van der Waals surface area contributed by atoms with E-state index in [1.54, 1.807) is 26.0 Å². The van der Waals surface area contributed by atoms with Gasteiger partial charge in [0, 0.05) is 23.1 Å². The van der Waals surface area contributed by atoms with E-state index in [4.69, 9.17) is 14.2 Å². The molecule has 0 saturated carbocycles. The highest BCUT2D eigenvalue weighted by atomic mass is 32.2. The van der Waals surface area contributed by atoms with Gasteiger partial charge in [0.15, 0.2) is 0 Å². The first kappa shape index (κ1) is 19.5. The first-order chi connectivity index (χ1) is 13.2. The normalized spacial score (nSPS) is 13.1. The van der Waals surface area contributed by atoms with Gasteiger partial charge in [0.1, 0.15) is 5.75 Å². The highest BCUT2D eigenvalue weighted by Gasteiger charge is 2.35. The molecule has 0 spiro atoms. The molecule has 0 fully saturated rings. The van der Waals surface area contributed by atoms with E-state index >= 15 is 0 Å². The first-order valence-corrected chi connectivity index (χ1v) is 9.96. The minimum atomic E-state index is -0.974. The van der Waals surface area contributed by atoms with Crippen LogP contribution < -0.4 is 4.74 Å². The van der Waals surface area contributed by atoms with Crippen LogP contribution in [0.3, 0.4) is 0 Å². The molecule has 0 aliphatic heterocycles. The van der Waals surface area contributed by atoms with Crippen molar-refractivity contribution in [3.05, 3.63) is 95.6 Å². The van der Waals surface area contributed by atoms with Gasteiger partial charge < -0.3 is 14.2 Å². The monoisotopic (exact) mass is 380 g/mol. The predicted molar refractivity (Wildman–Crippen MR) is 110 cm³/mol. The van der Waals surface area contributed by atoms with Crippen molar-refractivity contribution in [3.8, 4) is 5.75 Å². The molecule has 0 aliphatic carbocycles. The Kier molecular flexibility index (Phi) is 6.56. The van der Waals surface area contributed by atoms with E-state index in [2.05, 4.69) is 30.5 Å². The highest BCUT2D eigenvalue weighted by molar-refractivity contribution is 7.98. The van der Waals surface area contributed by atoms with Crippen molar-refractivity contribution in [2.24, 2.45) is 0 Å². The highest BCUT2D eigenvalue weighted by Crippen LogP contribution is 2.36. The molecule has 4 heteroatoms. The quantitative estimate of drug-likeness (QED) is 0.382. The number of ether oxygens (including phenoxy) is 3. The molecule has 0 heterocycles.